The summed E-state index contributed by atoms with van der Waals surface area (Å²) in [7, 11) is -3.61. The summed E-state index contributed by atoms with van der Waals surface area (Å²) in [6.07, 6.45) is 2.70. The summed E-state index contributed by atoms with van der Waals surface area (Å²) in [6.45, 7) is 3.64. The van der Waals surface area contributed by atoms with Crippen LogP contribution in [0.4, 0.5) is 5.69 Å². The number of piperidine rings is 1. The molecule has 3 rings (SSSR count). The van der Waals surface area contributed by atoms with Crippen molar-refractivity contribution in [1.29, 1.82) is 0 Å². The van der Waals surface area contributed by atoms with E-state index in [2.05, 4.69) is 10.5 Å². The normalized spacial score (nSPS) is 15.1. The molecule has 2 aromatic rings. The molecule has 0 unspecified atom stereocenters. The number of carbonyl (C=O) groups excluding carboxylic acids is 2. The van der Waals surface area contributed by atoms with Crippen LogP contribution < -0.4 is 5.32 Å². The number of anilines is 1. The Morgan fingerprint density at radius 3 is 2.59 bits per heavy atom. The Labute approximate surface area is 169 Å². The fourth-order valence-electron chi connectivity index (χ4n) is 3.16. The van der Waals surface area contributed by atoms with Crippen molar-refractivity contribution in [2.45, 2.75) is 38.0 Å². The van der Waals surface area contributed by atoms with Crippen molar-refractivity contribution < 1.29 is 27.3 Å². The lowest BCUT2D eigenvalue weighted by Gasteiger charge is -2.26. The maximum atomic E-state index is 12.8. The van der Waals surface area contributed by atoms with E-state index in [0.717, 1.165) is 19.3 Å². The van der Waals surface area contributed by atoms with E-state index in [4.69, 9.17) is 9.26 Å². The van der Waals surface area contributed by atoms with Gasteiger partial charge in [0.05, 0.1) is 10.6 Å². The predicted octanol–water partition coefficient (Wildman–Crippen LogP) is 2.26. The summed E-state index contributed by atoms with van der Waals surface area (Å²) in [4.78, 5) is 24.3. The van der Waals surface area contributed by atoms with Gasteiger partial charge in [-0.2, -0.15) is 4.31 Å². The average molecular weight is 421 g/mol. The molecule has 1 aromatic heterocycles. The first-order chi connectivity index (χ1) is 13.8. The third-order valence-corrected chi connectivity index (χ3v) is 6.54. The Morgan fingerprint density at radius 2 is 1.93 bits per heavy atom. The van der Waals surface area contributed by atoms with Gasteiger partial charge in [-0.3, -0.25) is 4.79 Å². The predicted molar refractivity (Wildman–Crippen MR) is 104 cm³/mol. The lowest BCUT2D eigenvalue weighted by molar-refractivity contribution is -0.119. The van der Waals surface area contributed by atoms with Gasteiger partial charge in [0.1, 0.15) is 11.3 Å². The molecule has 1 amide bonds. The number of ether oxygens (including phenoxy) is 1. The van der Waals surface area contributed by atoms with E-state index >= 15 is 0 Å². The first-order valence-electron chi connectivity index (χ1n) is 9.29. The molecule has 0 atom stereocenters. The monoisotopic (exact) mass is 421 g/mol. The van der Waals surface area contributed by atoms with Crippen LogP contribution in [0, 0.1) is 13.8 Å². The zero-order valence-corrected chi connectivity index (χ0v) is 17.1. The van der Waals surface area contributed by atoms with E-state index in [1.54, 1.807) is 26.0 Å². The number of esters is 1. The minimum atomic E-state index is -3.61. The van der Waals surface area contributed by atoms with Gasteiger partial charge in [0.15, 0.2) is 6.61 Å². The van der Waals surface area contributed by atoms with Crippen molar-refractivity contribution in [3.05, 3.63) is 41.3 Å². The van der Waals surface area contributed by atoms with Crippen LogP contribution in [0.3, 0.4) is 0 Å². The van der Waals surface area contributed by atoms with Crippen molar-refractivity contribution >= 4 is 27.6 Å². The highest BCUT2D eigenvalue weighted by molar-refractivity contribution is 7.89. The van der Waals surface area contributed by atoms with E-state index in [1.807, 2.05) is 0 Å². The lowest BCUT2D eigenvalue weighted by atomic mass is 10.2. The van der Waals surface area contributed by atoms with E-state index in [-0.39, 0.29) is 10.5 Å². The largest absolute Gasteiger partial charge is 0.452 e. The van der Waals surface area contributed by atoms with Gasteiger partial charge in [0.25, 0.3) is 5.91 Å². The minimum absolute atomic E-state index is 0.116. The molecular weight excluding hydrogens is 398 g/mol. The topological polar surface area (TPSA) is 119 Å². The number of hydrogen-bond donors (Lipinski definition) is 1. The lowest BCUT2D eigenvalue weighted by Crippen LogP contribution is -2.35. The second-order valence-electron chi connectivity index (χ2n) is 6.82. The quantitative estimate of drug-likeness (QED) is 0.711. The Hall–Kier alpha value is -2.72. The van der Waals surface area contributed by atoms with Crippen molar-refractivity contribution in [2.24, 2.45) is 0 Å². The van der Waals surface area contributed by atoms with Gasteiger partial charge < -0.3 is 14.6 Å². The summed E-state index contributed by atoms with van der Waals surface area (Å²) >= 11 is 0. The van der Waals surface area contributed by atoms with Crippen LogP contribution in [0.5, 0.6) is 0 Å². The van der Waals surface area contributed by atoms with E-state index in [0.29, 0.717) is 30.2 Å². The van der Waals surface area contributed by atoms with Crippen LogP contribution in [0.25, 0.3) is 0 Å². The molecule has 0 aliphatic carbocycles. The molecule has 1 aromatic carbocycles. The number of rotatable bonds is 6. The fourth-order valence-corrected chi connectivity index (χ4v) is 4.73. The molecule has 1 fully saturated rings. The van der Waals surface area contributed by atoms with Gasteiger partial charge in [-0.1, -0.05) is 17.6 Å². The van der Waals surface area contributed by atoms with Crippen LogP contribution in [0.2, 0.25) is 0 Å². The molecule has 0 bridgehead atoms. The summed E-state index contributed by atoms with van der Waals surface area (Å²) in [6, 6.07) is 6.03. The summed E-state index contributed by atoms with van der Waals surface area (Å²) in [5.74, 6) is -0.987. The van der Waals surface area contributed by atoms with Crippen LogP contribution in [-0.2, 0) is 19.6 Å². The number of aryl methyl sites for hydroxylation is 2. The number of hydrogen-bond acceptors (Lipinski definition) is 7. The number of aromatic nitrogens is 1. The van der Waals surface area contributed by atoms with Gasteiger partial charge in [-0.05, 0) is 44.9 Å². The first kappa shape index (κ1) is 21.0. The van der Waals surface area contributed by atoms with Crippen molar-refractivity contribution in [1.82, 2.24) is 9.46 Å². The molecule has 0 spiro atoms. The standard InChI is InChI=1S/C19H23N3O6S/c1-13-18(14(2)28-21-13)19(24)27-12-17(23)20-15-7-6-8-16(11-15)29(25,26)22-9-4-3-5-10-22/h6-8,11H,3-5,9-10,12H2,1-2H3,(H,20,23). The molecule has 1 saturated heterocycles. The van der Waals surface area contributed by atoms with Gasteiger partial charge in [-0.15, -0.1) is 0 Å². The summed E-state index contributed by atoms with van der Waals surface area (Å²) in [5, 5.41) is 6.22. The molecule has 10 heteroatoms. The number of sulfonamides is 1. The zero-order chi connectivity index (χ0) is 21.0. The highest BCUT2D eigenvalue weighted by Gasteiger charge is 2.26. The molecule has 156 valence electrons. The highest BCUT2D eigenvalue weighted by atomic mass is 32.2. The Kier molecular flexibility index (Phi) is 6.33. The van der Waals surface area contributed by atoms with Crippen LogP contribution in [0.15, 0.2) is 33.7 Å². The smallest absolute Gasteiger partial charge is 0.344 e. The molecule has 0 saturated carbocycles. The van der Waals surface area contributed by atoms with E-state index in [9.17, 15) is 18.0 Å². The number of nitrogens with one attached hydrogen (secondary N) is 1. The van der Waals surface area contributed by atoms with Crippen LogP contribution >= 0.6 is 0 Å². The number of carbonyl (C=O) groups is 2. The molecule has 29 heavy (non-hydrogen) atoms. The van der Waals surface area contributed by atoms with Gasteiger partial charge in [-0.25, -0.2) is 13.2 Å². The van der Waals surface area contributed by atoms with Crippen molar-refractivity contribution in [2.75, 3.05) is 25.0 Å². The molecule has 9 nitrogen and oxygen atoms in total. The van der Waals surface area contributed by atoms with Crippen molar-refractivity contribution in [3.8, 4) is 0 Å². The van der Waals surface area contributed by atoms with Gasteiger partial charge in [0.2, 0.25) is 10.0 Å². The Bertz CT molecular complexity index is 989. The van der Waals surface area contributed by atoms with E-state index in [1.165, 1.54) is 16.4 Å². The first-order valence-corrected chi connectivity index (χ1v) is 10.7. The van der Waals surface area contributed by atoms with E-state index < -0.39 is 28.5 Å². The maximum absolute atomic E-state index is 12.8. The number of nitrogens with zero attached hydrogens (tertiary/aromatic N) is 2. The molecule has 2 heterocycles. The molecular formula is C19H23N3O6S. The molecule has 1 aliphatic rings. The average Bonchev–Trinajstić information content (AvgIpc) is 3.05. The third kappa shape index (κ3) is 4.83. The summed E-state index contributed by atoms with van der Waals surface area (Å²) < 4.78 is 36.9. The third-order valence-electron chi connectivity index (χ3n) is 4.64. The van der Waals surface area contributed by atoms with Crippen LogP contribution in [0.1, 0.15) is 41.1 Å². The fraction of sp³-hybridized carbons (Fsp3) is 0.421. The SMILES string of the molecule is Cc1noc(C)c1C(=O)OCC(=O)Nc1cccc(S(=O)(=O)N2CCCCC2)c1. The molecule has 1 aliphatic heterocycles. The maximum Gasteiger partial charge on any atom is 0.344 e. The highest BCUT2D eigenvalue weighted by Crippen LogP contribution is 2.23. The zero-order valence-electron chi connectivity index (χ0n) is 16.3. The number of amides is 1. The summed E-state index contributed by atoms with van der Waals surface area (Å²) in [5.41, 5.74) is 0.873. The van der Waals surface area contributed by atoms with Crippen LogP contribution in [-0.4, -0.2) is 49.5 Å². The second-order valence-corrected chi connectivity index (χ2v) is 8.75. The molecule has 0 radical (unpaired) electrons. The molecule has 1 N–H and O–H groups in total. The number of benzene rings is 1. The minimum Gasteiger partial charge on any atom is -0.452 e. The second kappa shape index (κ2) is 8.75. The van der Waals surface area contributed by atoms with Crippen molar-refractivity contribution in [3.63, 3.8) is 0 Å². The Balaban J connectivity index is 1.62. The van der Waals surface area contributed by atoms with Gasteiger partial charge in [0, 0.05) is 18.8 Å². The Morgan fingerprint density at radius 1 is 1.21 bits per heavy atom. The van der Waals surface area contributed by atoms with Gasteiger partial charge >= 0.3 is 5.97 Å².